The van der Waals surface area contributed by atoms with Gasteiger partial charge in [-0.25, -0.2) is 9.13 Å². The van der Waals surface area contributed by atoms with Gasteiger partial charge in [-0.2, -0.15) is 4.31 Å². The van der Waals surface area contributed by atoms with E-state index in [0.29, 0.717) is 6.61 Å². The molecule has 0 saturated heterocycles. The van der Waals surface area contributed by atoms with Gasteiger partial charge in [0.25, 0.3) is 0 Å². The molecule has 13 heteroatoms. The Kier molecular flexibility index (Phi) is 15.4. The molecule has 0 aromatic rings. The number of aliphatic hydroxyl groups excluding tert-OH is 3. The quantitative estimate of drug-likeness (QED) is 0.160. The van der Waals surface area contributed by atoms with Gasteiger partial charge in [0.15, 0.2) is 0 Å². The van der Waals surface area contributed by atoms with Crippen molar-refractivity contribution in [2.75, 3.05) is 26.4 Å². The van der Waals surface area contributed by atoms with Gasteiger partial charge in [-0.3, -0.25) is 0 Å². The molecule has 0 spiro atoms. The fraction of sp³-hybridized carbons (Fsp3) is 1.00. The van der Waals surface area contributed by atoms with E-state index in [0.717, 1.165) is 32.1 Å². The minimum absolute atomic E-state index is 0.249. The first-order valence-electron chi connectivity index (χ1n) is 8.18. The monoisotopic (exact) mass is 426 g/mol. The zero-order valence-electron chi connectivity index (χ0n) is 15.1. The molecule has 0 aliphatic carbocycles. The maximum atomic E-state index is 9.63. The summed E-state index contributed by atoms with van der Waals surface area (Å²) in [6.07, 6.45) is 4.51. The van der Waals surface area contributed by atoms with Crippen LogP contribution in [-0.4, -0.2) is 67.4 Å². The number of ether oxygens (including phenoxy) is 1. The number of hydrogen-bond acceptors (Lipinski definition) is 7. The van der Waals surface area contributed by atoms with E-state index in [1.165, 1.54) is 0 Å². The molecule has 1 atom stereocenters. The molecule has 0 bridgehead atoms. The summed E-state index contributed by atoms with van der Waals surface area (Å²) in [5, 5.41) is 28.2. The first-order valence-corrected chi connectivity index (χ1v) is 11.2. The number of phosphoric acid groups is 2. The molecule has 0 heterocycles. The topological polar surface area (TPSA) is 194 Å². The largest absolute Gasteiger partial charge is 0.478 e. The molecule has 11 nitrogen and oxygen atoms in total. The molecule has 0 aliphatic rings. The van der Waals surface area contributed by atoms with E-state index in [-0.39, 0.29) is 25.9 Å². The van der Waals surface area contributed by atoms with Crippen LogP contribution < -0.4 is 0 Å². The molecule has 26 heavy (non-hydrogen) atoms. The zero-order valence-corrected chi connectivity index (χ0v) is 16.9. The molecule has 160 valence electrons. The molecule has 0 saturated carbocycles. The van der Waals surface area contributed by atoms with E-state index < -0.39 is 21.1 Å². The molecule has 0 fully saturated rings. The van der Waals surface area contributed by atoms with Crippen LogP contribution >= 0.6 is 15.6 Å². The normalized spacial score (nSPS) is 13.9. The molecule has 0 aliphatic heterocycles. The summed E-state index contributed by atoms with van der Waals surface area (Å²) in [4.78, 5) is 31.0. The second-order valence-electron chi connectivity index (χ2n) is 5.75. The fourth-order valence-electron chi connectivity index (χ4n) is 1.92. The average molecular weight is 426 g/mol. The van der Waals surface area contributed by atoms with Gasteiger partial charge in [0.05, 0.1) is 31.3 Å². The van der Waals surface area contributed by atoms with Crippen LogP contribution in [0.4, 0.5) is 0 Å². The highest BCUT2D eigenvalue weighted by molar-refractivity contribution is 7.60. The highest BCUT2D eigenvalue weighted by atomic mass is 31.3. The van der Waals surface area contributed by atoms with Crippen LogP contribution in [-0.2, 0) is 18.2 Å². The molecular formula is C13H32O11P2. The maximum absolute atomic E-state index is 9.63. The van der Waals surface area contributed by atoms with E-state index >= 15 is 0 Å². The number of hydrogen-bond donors (Lipinski definition) is 7. The third-order valence-electron chi connectivity index (χ3n) is 3.48. The van der Waals surface area contributed by atoms with Gasteiger partial charge in [-0.15, -0.1) is 0 Å². The van der Waals surface area contributed by atoms with Crippen LogP contribution in [0.15, 0.2) is 0 Å². The summed E-state index contributed by atoms with van der Waals surface area (Å²) in [6.45, 7) is 4.04. The lowest BCUT2D eigenvalue weighted by molar-refractivity contribution is -0.117. The lowest BCUT2D eigenvalue weighted by Gasteiger charge is -2.36. The van der Waals surface area contributed by atoms with Crippen LogP contribution in [0.3, 0.4) is 0 Å². The summed E-state index contributed by atoms with van der Waals surface area (Å²) in [5.41, 5.74) is -0.914. The van der Waals surface area contributed by atoms with Crippen LogP contribution in [0.5, 0.6) is 0 Å². The van der Waals surface area contributed by atoms with E-state index in [1.807, 2.05) is 0 Å². The summed E-state index contributed by atoms with van der Waals surface area (Å²) in [6, 6.07) is 0. The lowest BCUT2D eigenvalue weighted by Crippen LogP contribution is -2.46. The second kappa shape index (κ2) is 14.1. The lowest BCUT2D eigenvalue weighted by atomic mass is 9.82. The minimum atomic E-state index is -5.05. The van der Waals surface area contributed by atoms with E-state index in [9.17, 15) is 24.4 Å². The van der Waals surface area contributed by atoms with Crippen molar-refractivity contribution in [3.63, 3.8) is 0 Å². The van der Waals surface area contributed by atoms with Crippen LogP contribution in [0.1, 0.15) is 46.0 Å². The Hall–Kier alpha value is 0.100. The predicted molar refractivity (Wildman–Crippen MR) is 93.0 cm³/mol. The predicted octanol–water partition coefficient (Wildman–Crippen LogP) is 0.514. The first kappa shape index (κ1) is 28.3. The maximum Gasteiger partial charge on any atom is 0.478 e. The second-order valence-corrected chi connectivity index (χ2v) is 8.37. The molecule has 0 radical (unpaired) electrons. The minimum Gasteiger partial charge on any atom is -0.396 e. The number of aliphatic hydroxyl groups is 3. The summed E-state index contributed by atoms with van der Waals surface area (Å²) >= 11 is 0. The van der Waals surface area contributed by atoms with Gasteiger partial charge in [0.2, 0.25) is 0 Å². The van der Waals surface area contributed by atoms with Gasteiger partial charge < -0.3 is 39.6 Å². The number of unbranched alkanes of at least 4 members (excludes halogenated alkanes) is 2. The summed E-state index contributed by atoms with van der Waals surface area (Å²) < 4.78 is 28.0. The van der Waals surface area contributed by atoms with Crippen molar-refractivity contribution in [3.05, 3.63) is 0 Å². The highest BCUT2D eigenvalue weighted by Gasteiger charge is 2.38. The van der Waals surface area contributed by atoms with Crippen molar-refractivity contribution in [2.24, 2.45) is 5.41 Å². The van der Waals surface area contributed by atoms with Crippen LogP contribution in [0, 0.1) is 5.41 Å². The van der Waals surface area contributed by atoms with Crippen molar-refractivity contribution in [1.29, 1.82) is 0 Å². The van der Waals surface area contributed by atoms with Gasteiger partial charge in [-0.1, -0.05) is 33.1 Å². The average Bonchev–Trinajstić information content (AvgIpc) is 2.51. The fourth-order valence-corrected chi connectivity index (χ4v) is 3.03. The van der Waals surface area contributed by atoms with Crippen molar-refractivity contribution < 1.29 is 53.1 Å². The van der Waals surface area contributed by atoms with Crippen molar-refractivity contribution in [2.45, 2.75) is 52.1 Å². The summed E-state index contributed by atoms with van der Waals surface area (Å²) in [7, 11) is -10.1. The molecule has 0 aromatic carbocycles. The van der Waals surface area contributed by atoms with Crippen molar-refractivity contribution in [1.82, 2.24) is 0 Å². The molecule has 7 N–H and O–H groups in total. The van der Waals surface area contributed by atoms with Crippen LogP contribution in [0.2, 0.25) is 0 Å². The summed E-state index contributed by atoms with van der Waals surface area (Å²) in [5.74, 6) is 0. The zero-order chi connectivity index (χ0) is 20.9. The third-order valence-corrected chi connectivity index (χ3v) is 5.18. The standard InChI is InChI=1S/C13H28O4.H4O7P2/c1-3-5-7-12(17-8-6-4-2)13(9-14,10-15)11-16;1-8(2,3)7-9(4,5)6/h12,14-16H,3-11H2,1-2H3;(H2,1,2,3)(H2,4,5,6). The SMILES string of the molecule is CCCCOC(CCCC)C(CO)(CO)CO.O=P(O)(O)OP(=O)(O)O. The number of rotatable bonds is 13. The van der Waals surface area contributed by atoms with Crippen molar-refractivity contribution in [3.8, 4) is 0 Å². The highest BCUT2D eigenvalue weighted by Crippen LogP contribution is 2.53. The van der Waals surface area contributed by atoms with Gasteiger partial charge >= 0.3 is 15.6 Å². The van der Waals surface area contributed by atoms with Gasteiger partial charge in [-0.05, 0) is 12.8 Å². The van der Waals surface area contributed by atoms with E-state index in [1.54, 1.807) is 0 Å². The molecule has 0 aromatic heterocycles. The Bertz CT molecular complexity index is 402. The molecule has 0 rings (SSSR count). The van der Waals surface area contributed by atoms with E-state index in [2.05, 4.69) is 18.2 Å². The Morgan fingerprint density at radius 3 is 1.54 bits per heavy atom. The van der Waals surface area contributed by atoms with Gasteiger partial charge in [0.1, 0.15) is 0 Å². The Balaban J connectivity index is 0. The molecule has 0 amide bonds. The van der Waals surface area contributed by atoms with Gasteiger partial charge in [0, 0.05) is 6.61 Å². The smallest absolute Gasteiger partial charge is 0.396 e. The Labute approximate surface area is 153 Å². The van der Waals surface area contributed by atoms with Crippen molar-refractivity contribution >= 4 is 15.6 Å². The van der Waals surface area contributed by atoms with Crippen LogP contribution in [0.25, 0.3) is 0 Å². The van der Waals surface area contributed by atoms with E-state index in [4.69, 9.17) is 24.3 Å². The Morgan fingerprint density at radius 1 is 0.846 bits per heavy atom. The Morgan fingerprint density at radius 2 is 1.27 bits per heavy atom. The molecular weight excluding hydrogens is 394 g/mol. The molecule has 1 unspecified atom stereocenters. The first-order chi connectivity index (χ1) is 11.9. The third kappa shape index (κ3) is 14.2.